The summed E-state index contributed by atoms with van der Waals surface area (Å²) in [6.07, 6.45) is 7.10. The molecule has 0 spiro atoms. The van der Waals surface area contributed by atoms with Crippen LogP contribution >= 0.6 is 0 Å². The second-order valence-corrected chi connectivity index (χ2v) is 28.9. The SMILES string of the molecule is CC(C)Cc1cc(-c2[c-]cccc2)nc[c]1[Ge]([CH3])([CH3])[CH3].Cc1cncc2c1nc(-c1[c-]ccc3c1oc1ccccc13)n2-c1c(C(C)C)cc(-c2ccccc2)cc1C(C)C.[Ir]. The van der Waals surface area contributed by atoms with Crippen molar-refractivity contribution in [3.63, 3.8) is 0 Å². The fraction of sp³-hybridized carbons (Fsp3) is 0.255. The normalized spacial score (nSPS) is 11.8. The van der Waals surface area contributed by atoms with Crippen molar-refractivity contribution >= 4 is 50.6 Å². The van der Waals surface area contributed by atoms with Gasteiger partial charge in [0.05, 0.1) is 28.6 Å². The molecule has 1 radical (unpaired) electrons. The van der Waals surface area contributed by atoms with Gasteiger partial charge >= 0.3 is 126 Å². The first-order chi connectivity index (χ1) is 29.3. The van der Waals surface area contributed by atoms with Crippen LogP contribution in [0.1, 0.15) is 75.6 Å². The maximum atomic E-state index is 6.49. The second kappa shape index (κ2) is 18.7. The number of aryl methyl sites for hydroxylation is 1. The molecule has 0 amide bonds. The molecule has 0 fully saturated rings. The molecule has 5 aromatic carbocycles. The molecule has 7 heteroatoms. The fourth-order valence-corrected chi connectivity index (χ4v) is 11.8. The van der Waals surface area contributed by atoms with E-state index in [0.717, 1.165) is 67.6 Å². The Bertz CT molecular complexity index is 2950. The summed E-state index contributed by atoms with van der Waals surface area (Å²) >= 11 is -1.86. The Balaban J connectivity index is 0.000000233. The minimum Gasteiger partial charge on any atom is -0.501 e. The number of rotatable bonds is 9. The summed E-state index contributed by atoms with van der Waals surface area (Å²) in [6.45, 7) is 15.7. The number of pyridine rings is 2. The van der Waals surface area contributed by atoms with Gasteiger partial charge in [-0.2, -0.15) is 0 Å². The molecule has 4 aromatic heterocycles. The van der Waals surface area contributed by atoms with Crippen molar-refractivity contribution in [2.24, 2.45) is 5.92 Å². The summed E-state index contributed by atoms with van der Waals surface area (Å²) in [5.41, 5.74) is 15.3. The zero-order valence-electron chi connectivity index (χ0n) is 37.6. The standard InChI is InChI=1S/C37H32N3O.C18H24GeN.Ir/c1-22(2)30-18-26(25-12-7-6-8-13-25)19-31(23(3)4)35(30)40-32-21-38-20-24(5)34(32)39-37(40)29-16-11-15-28-27-14-9-10-17-33(27)41-36(28)29;1-14(2)11-16-12-18(15-9-7-6-8-10-15)20-13-17(16)19(3,4)5;/h6-15,17-23H,1-5H3;6-9,12-14H,11H2,1-5H3;/q2*-1;. The molecule has 0 N–H and O–H groups in total. The maximum absolute atomic E-state index is 6.49. The number of para-hydroxylation sites is 1. The quantitative estimate of drug-likeness (QED) is 0.107. The molecule has 0 saturated heterocycles. The van der Waals surface area contributed by atoms with Crippen molar-refractivity contribution in [2.75, 3.05) is 0 Å². The summed E-state index contributed by atoms with van der Waals surface area (Å²) in [4.78, 5) is 14.6. The first-order valence-corrected chi connectivity index (χ1v) is 29.0. The Kier molecular flexibility index (Phi) is 13.5. The molecule has 317 valence electrons. The van der Waals surface area contributed by atoms with Gasteiger partial charge in [0, 0.05) is 37.4 Å². The smallest absolute Gasteiger partial charge is 0.120 e. The van der Waals surface area contributed by atoms with E-state index >= 15 is 0 Å². The van der Waals surface area contributed by atoms with Crippen LogP contribution in [0.4, 0.5) is 0 Å². The molecular formula is C55H56GeIrN4O-2. The molecule has 4 heterocycles. The Hall–Kier alpha value is -5.14. The first kappa shape index (κ1) is 44.9. The van der Waals surface area contributed by atoms with Crippen LogP contribution in [0.25, 0.3) is 72.4 Å². The van der Waals surface area contributed by atoms with Gasteiger partial charge in [0.2, 0.25) is 0 Å². The van der Waals surface area contributed by atoms with Gasteiger partial charge in [0.15, 0.2) is 0 Å². The molecule has 0 aliphatic heterocycles. The van der Waals surface area contributed by atoms with Gasteiger partial charge in [0.25, 0.3) is 0 Å². The fourth-order valence-electron chi connectivity index (χ4n) is 8.47. The first-order valence-electron chi connectivity index (χ1n) is 21.7. The zero-order valence-corrected chi connectivity index (χ0v) is 42.1. The molecule has 0 aliphatic rings. The summed E-state index contributed by atoms with van der Waals surface area (Å²) in [6, 6.07) is 44.8. The van der Waals surface area contributed by atoms with Crippen molar-refractivity contribution in [2.45, 2.75) is 84.0 Å². The Morgan fingerprint density at radius 1 is 0.710 bits per heavy atom. The number of furan rings is 1. The van der Waals surface area contributed by atoms with E-state index in [1.165, 1.54) is 33.5 Å². The molecule has 0 unspecified atom stereocenters. The number of nitrogens with zero attached hydrogens (tertiary/aromatic N) is 4. The second-order valence-electron chi connectivity index (χ2n) is 18.3. The van der Waals surface area contributed by atoms with Gasteiger partial charge in [0.1, 0.15) is 5.58 Å². The Morgan fingerprint density at radius 2 is 1.40 bits per heavy atom. The maximum Gasteiger partial charge on any atom is 0.120 e. The average Bonchev–Trinajstić information content (AvgIpc) is 3.83. The third-order valence-corrected chi connectivity index (χ3v) is 15.8. The predicted octanol–water partition coefficient (Wildman–Crippen LogP) is 14.3. The number of benzene rings is 5. The van der Waals surface area contributed by atoms with Gasteiger partial charge in [-0.3, -0.25) is 9.97 Å². The van der Waals surface area contributed by atoms with Crippen LogP contribution in [-0.4, -0.2) is 32.8 Å². The van der Waals surface area contributed by atoms with Crippen molar-refractivity contribution < 1.29 is 24.5 Å². The van der Waals surface area contributed by atoms with Crippen LogP contribution < -0.4 is 4.40 Å². The van der Waals surface area contributed by atoms with Crippen LogP contribution in [0.2, 0.25) is 17.3 Å². The number of imidazole rings is 1. The molecule has 62 heavy (non-hydrogen) atoms. The molecule has 0 saturated carbocycles. The third kappa shape index (κ3) is 9.02. The number of hydrogen-bond donors (Lipinski definition) is 0. The summed E-state index contributed by atoms with van der Waals surface area (Å²) in [5, 5.41) is 2.16. The number of aromatic nitrogens is 4. The summed E-state index contributed by atoms with van der Waals surface area (Å²) in [5.74, 6) is 9.37. The van der Waals surface area contributed by atoms with E-state index in [1.807, 2.05) is 48.8 Å². The molecular weight excluding hydrogens is 997 g/mol. The van der Waals surface area contributed by atoms with Gasteiger partial charge in [-0.1, -0.05) is 87.2 Å². The van der Waals surface area contributed by atoms with Crippen LogP contribution in [-0.2, 0) is 26.5 Å². The number of fused-ring (bicyclic) bond motifs is 4. The molecule has 0 atom stereocenters. The van der Waals surface area contributed by atoms with E-state index in [2.05, 4.69) is 166 Å². The van der Waals surface area contributed by atoms with Crippen molar-refractivity contribution in [3.8, 4) is 39.5 Å². The van der Waals surface area contributed by atoms with Crippen LogP contribution in [0.15, 0.2) is 132 Å². The van der Waals surface area contributed by atoms with Crippen molar-refractivity contribution in [1.29, 1.82) is 0 Å². The predicted molar refractivity (Wildman–Crippen MR) is 259 cm³/mol. The Labute approximate surface area is 383 Å². The van der Waals surface area contributed by atoms with Gasteiger partial charge in [-0.15, -0.1) is 18.2 Å². The van der Waals surface area contributed by atoms with Crippen molar-refractivity contribution in [1.82, 2.24) is 19.5 Å². The van der Waals surface area contributed by atoms with E-state index in [0.29, 0.717) is 5.92 Å². The van der Waals surface area contributed by atoms with Gasteiger partial charge < -0.3 is 8.98 Å². The Morgan fingerprint density at radius 3 is 2.06 bits per heavy atom. The molecule has 9 rings (SSSR count). The monoisotopic (exact) mass is 1060 g/mol. The summed E-state index contributed by atoms with van der Waals surface area (Å²) < 4.78 is 10.3. The van der Waals surface area contributed by atoms with Gasteiger partial charge in [-0.25, -0.2) is 0 Å². The number of hydrogen-bond acceptors (Lipinski definition) is 4. The van der Waals surface area contributed by atoms with E-state index in [-0.39, 0.29) is 31.9 Å². The largest absolute Gasteiger partial charge is 0.501 e. The molecule has 0 aliphatic carbocycles. The minimum atomic E-state index is -1.86. The third-order valence-electron chi connectivity index (χ3n) is 11.5. The van der Waals surface area contributed by atoms with E-state index in [9.17, 15) is 0 Å². The van der Waals surface area contributed by atoms with Gasteiger partial charge in [-0.05, 0) is 64.8 Å². The van der Waals surface area contributed by atoms with Crippen LogP contribution in [0.5, 0.6) is 0 Å². The van der Waals surface area contributed by atoms with Crippen LogP contribution in [0, 0.1) is 25.0 Å². The summed E-state index contributed by atoms with van der Waals surface area (Å²) in [7, 11) is 0. The van der Waals surface area contributed by atoms with Crippen LogP contribution in [0.3, 0.4) is 0 Å². The average molecular weight is 1050 g/mol. The zero-order chi connectivity index (χ0) is 43.0. The molecule has 5 nitrogen and oxygen atoms in total. The van der Waals surface area contributed by atoms with Crippen molar-refractivity contribution in [3.05, 3.63) is 162 Å². The molecule has 9 aromatic rings. The molecule has 0 bridgehead atoms. The topological polar surface area (TPSA) is 56.7 Å². The van der Waals surface area contributed by atoms with E-state index in [4.69, 9.17) is 14.4 Å². The van der Waals surface area contributed by atoms with E-state index in [1.54, 1.807) is 4.40 Å². The van der Waals surface area contributed by atoms with E-state index < -0.39 is 13.3 Å². The minimum absolute atomic E-state index is 0.